The molecule has 1 aliphatic rings. The molecular weight excluding hydrogens is 482 g/mol. The molecule has 3 aromatic carbocycles. The number of aliphatic hydroxyl groups excluding tert-OH is 1. The predicted molar refractivity (Wildman–Crippen MR) is 145 cm³/mol. The first-order valence-corrected chi connectivity index (χ1v) is 12.3. The number of aryl methyl sites for hydroxylation is 1. The molecule has 1 heterocycles. The lowest BCUT2D eigenvalue weighted by Crippen LogP contribution is -2.32. The number of carbonyl (C=O) groups is 2. The average molecular weight is 514 g/mol. The number of amides is 1. The molecule has 3 aromatic rings. The fourth-order valence-corrected chi connectivity index (χ4v) is 4.38. The van der Waals surface area contributed by atoms with Crippen molar-refractivity contribution in [3.8, 4) is 11.5 Å². The summed E-state index contributed by atoms with van der Waals surface area (Å²) in [6.45, 7) is 6.88. The van der Waals surface area contributed by atoms with Gasteiger partial charge in [0.15, 0.2) is 0 Å². The number of methoxy groups -OCH3 is 1. The van der Waals surface area contributed by atoms with Crippen LogP contribution in [-0.4, -0.2) is 48.6 Å². The maximum Gasteiger partial charge on any atom is 0.295 e. The number of Topliss-reactive ketones (excluding diaryl/α,β-unsaturated/α-hetero) is 1. The first-order valence-electron chi connectivity index (χ1n) is 12.3. The van der Waals surface area contributed by atoms with Crippen molar-refractivity contribution in [3.05, 3.63) is 113 Å². The molecule has 7 heteroatoms. The first-order chi connectivity index (χ1) is 18.4. The van der Waals surface area contributed by atoms with Crippen LogP contribution in [0.5, 0.6) is 11.5 Å². The van der Waals surface area contributed by atoms with Crippen molar-refractivity contribution in [2.45, 2.75) is 19.6 Å². The molecule has 196 valence electrons. The highest BCUT2D eigenvalue weighted by molar-refractivity contribution is 6.46. The molecule has 1 fully saturated rings. The maximum atomic E-state index is 13.1. The monoisotopic (exact) mass is 513 g/mol. The second kappa shape index (κ2) is 12.3. The van der Waals surface area contributed by atoms with Gasteiger partial charge in [-0.3, -0.25) is 9.59 Å². The summed E-state index contributed by atoms with van der Waals surface area (Å²) in [4.78, 5) is 27.5. The molecule has 1 saturated heterocycles. The van der Waals surface area contributed by atoms with Crippen LogP contribution < -0.4 is 9.47 Å². The third-order valence-corrected chi connectivity index (χ3v) is 6.26. The molecule has 0 unspecified atom stereocenters. The Morgan fingerprint density at radius 1 is 1.00 bits per heavy atom. The van der Waals surface area contributed by atoms with Crippen LogP contribution in [0, 0.1) is 6.92 Å². The van der Waals surface area contributed by atoms with E-state index in [0.29, 0.717) is 35.8 Å². The molecule has 0 aromatic heterocycles. The van der Waals surface area contributed by atoms with E-state index in [-0.39, 0.29) is 24.5 Å². The Kier molecular flexibility index (Phi) is 8.61. The number of aliphatic hydroxyl groups is 1. The molecule has 0 bridgehead atoms. The predicted octanol–water partition coefficient (Wildman–Crippen LogP) is 5.21. The number of benzene rings is 3. The Morgan fingerprint density at radius 3 is 2.34 bits per heavy atom. The Balaban J connectivity index is 1.63. The minimum Gasteiger partial charge on any atom is -0.507 e. The Labute approximate surface area is 222 Å². The van der Waals surface area contributed by atoms with Crippen molar-refractivity contribution in [2.75, 3.05) is 26.9 Å². The molecule has 4 rings (SSSR count). The van der Waals surface area contributed by atoms with Gasteiger partial charge in [0, 0.05) is 19.2 Å². The SMILES string of the molecule is C=CCOc1ccc([C@@H]2C(=C(O)c3ccc(OCc4cccc(C)c4)cc3)C(=O)C(=O)N2CCOC)cc1. The van der Waals surface area contributed by atoms with Crippen LogP contribution in [0.3, 0.4) is 0 Å². The normalized spacial score (nSPS) is 16.5. The third-order valence-electron chi connectivity index (χ3n) is 6.26. The fraction of sp³-hybridized carbons (Fsp3) is 0.226. The summed E-state index contributed by atoms with van der Waals surface area (Å²) in [7, 11) is 1.53. The van der Waals surface area contributed by atoms with E-state index in [2.05, 4.69) is 12.6 Å². The highest BCUT2D eigenvalue weighted by Crippen LogP contribution is 2.39. The lowest BCUT2D eigenvalue weighted by molar-refractivity contribution is -0.140. The summed E-state index contributed by atoms with van der Waals surface area (Å²) in [5.41, 5.74) is 3.31. The van der Waals surface area contributed by atoms with Gasteiger partial charge >= 0.3 is 0 Å². The average Bonchev–Trinajstić information content (AvgIpc) is 3.19. The van der Waals surface area contributed by atoms with Gasteiger partial charge in [0.2, 0.25) is 0 Å². The van der Waals surface area contributed by atoms with E-state index in [1.807, 2.05) is 25.1 Å². The van der Waals surface area contributed by atoms with Crippen LogP contribution in [0.4, 0.5) is 0 Å². The Morgan fingerprint density at radius 2 is 1.68 bits per heavy atom. The van der Waals surface area contributed by atoms with Gasteiger partial charge in [0.05, 0.1) is 18.2 Å². The first kappa shape index (κ1) is 26.7. The minimum atomic E-state index is -0.768. The molecule has 1 aliphatic heterocycles. The van der Waals surface area contributed by atoms with Crippen LogP contribution in [0.25, 0.3) is 5.76 Å². The quantitative estimate of drug-likeness (QED) is 0.164. The van der Waals surface area contributed by atoms with Gasteiger partial charge in [-0.1, -0.05) is 54.6 Å². The van der Waals surface area contributed by atoms with Crippen molar-refractivity contribution in [3.63, 3.8) is 0 Å². The zero-order valence-electron chi connectivity index (χ0n) is 21.6. The Bertz CT molecular complexity index is 1330. The molecule has 0 radical (unpaired) electrons. The maximum absolute atomic E-state index is 13.1. The van der Waals surface area contributed by atoms with Gasteiger partial charge in [0.25, 0.3) is 11.7 Å². The number of rotatable bonds is 11. The molecule has 38 heavy (non-hydrogen) atoms. The number of likely N-dealkylation sites (tertiary alicyclic amines) is 1. The van der Waals surface area contributed by atoms with Crippen LogP contribution in [-0.2, 0) is 20.9 Å². The minimum absolute atomic E-state index is 0.0271. The summed E-state index contributed by atoms with van der Waals surface area (Å²) < 4.78 is 16.6. The topological polar surface area (TPSA) is 85.3 Å². The summed E-state index contributed by atoms with van der Waals surface area (Å²) in [6.07, 6.45) is 1.65. The standard InChI is InChI=1S/C31H31NO6/c1-4-17-37-25-12-8-23(9-13-25)28-27(30(34)31(35)32(28)16-18-36-3)29(33)24-10-14-26(15-11-24)38-20-22-7-5-6-21(2)19-22/h4-15,19,28,33H,1,16-18,20H2,2-3H3/t28-/m1/s1. The van der Waals surface area contributed by atoms with Gasteiger partial charge in [-0.2, -0.15) is 0 Å². The fourth-order valence-electron chi connectivity index (χ4n) is 4.38. The van der Waals surface area contributed by atoms with Crippen LogP contribution in [0.15, 0.2) is 91.0 Å². The van der Waals surface area contributed by atoms with Crippen LogP contribution >= 0.6 is 0 Å². The van der Waals surface area contributed by atoms with E-state index in [9.17, 15) is 14.7 Å². The number of ketones is 1. The third kappa shape index (κ3) is 5.95. The summed E-state index contributed by atoms with van der Waals surface area (Å²) in [5.74, 6) is -0.418. The number of hydrogen-bond donors (Lipinski definition) is 1. The van der Waals surface area contributed by atoms with Gasteiger partial charge in [-0.15, -0.1) is 0 Å². The molecule has 1 atom stereocenters. The number of hydrogen-bond acceptors (Lipinski definition) is 6. The molecule has 1 amide bonds. The number of carbonyl (C=O) groups excluding carboxylic acids is 2. The molecule has 7 nitrogen and oxygen atoms in total. The van der Waals surface area contributed by atoms with Gasteiger partial charge in [-0.25, -0.2) is 0 Å². The molecule has 0 saturated carbocycles. The summed E-state index contributed by atoms with van der Waals surface area (Å²) in [6, 6.07) is 21.2. The number of nitrogens with zero attached hydrogens (tertiary/aromatic N) is 1. The lowest BCUT2D eigenvalue weighted by Gasteiger charge is -2.25. The number of ether oxygens (including phenoxy) is 3. The van der Waals surface area contributed by atoms with E-state index < -0.39 is 17.7 Å². The largest absolute Gasteiger partial charge is 0.507 e. The van der Waals surface area contributed by atoms with Crippen molar-refractivity contribution >= 4 is 17.4 Å². The molecule has 1 N–H and O–H groups in total. The highest BCUT2D eigenvalue weighted by Gasteiger charge is 2.45. The smallest absolute Gasteiger partial charge is 0.295 e. The second-order valence-corrected chi connectivity index (χ2v) is 8.96. The van der Waals surface area contributed by atoms with Crippen molar-refractivity contribution in [1.82, 2.24) is 4.90 Å². The van der Waals surface area contributed by atoms with Gasteiger partial charge in [-0.05, 0) is 54.4 Å². The van der Waals surface area contributed by atoms with E-state index in [4.69, 9.17) is 14.2 Å². The zero-order valence-corrected chi connectivity index (χ0v) is 21.6. The van der Waals surface area contributed by atoms with Gasteiger partial charge < -0.3 is 24.2 Å². The zero-order chi connectivity index (χ0) is 27.1. The molecule has 0 aliphatic carbocycles. The lowest BCUT2D eigenvalue weighted by atomic mass is 9.95. The van der Waals surface area contributed by atoms with Crippen molar-refractivity contribution in [1.29, 1.82) is 0 Å². The second-order valence-electron chi connectivity index (χ2n) is 8.96. The Hall–Kier alpha value is -4.36. The van der Waals surface area contributed by atoms with E-state index in [0.717, 1.165) is 11.1 Å². The van der Waals surface area contributed by atoms with Crippen molar-refractivity contribution in [2.24, 2.45) is 0 Å². The molecule has 0 spiro atoms. The van der Waals surface area contributed by atoms with Crippen LogP contribution in [0.1, 0.15) is 28.3 Å². The van der Waals surface area contributed by atoms with E-state index in [1.165, 1.54) is 12.0 Å². The summed E-state index contributed by atoms with van der Waals surface area (Å²) >= 11 is 0. The summed E-state index contributed by atoms with van der Waals surface area (Å²) in [5, 5.41) is 11.3. The molecular formula is C31H31NO6. The van der Waals surface area contributed by atoms with Crippen LogP contribution in [0.2, 0.25) is 0 Å². The van der Waals surface area contributed by atoms with E-state index >= 15 is 0 Å². The van der Waals surface area contributed by atoms with E-state index in [1.54, 1.807) is 54.6 Å². The van der Waals surface area contributed by atoms with Gasteiger partial charge in [0.1, 0.15) is 30.5 Å². The van der Waals surface area contributed by atoms with Crippen molar-refractivity contribution < 1.29 is 28.9 Å². The highest BCUT2D eigenvalue weighted by atomic mass is 16.5.